The van der Waals surface area contributed by atoms with Gasteiger partial charge in [0.05, 0.1) is 48.1 Å². The summed E-state index contributed by atoms with van der Waals surface area (Å²) in [7, 11) is 3.21. The van der Waals surface area contributed by atoms with Crippen molar-refractivity contribution in [2.75, 3.05) is 54.3 Å². The molecule has 1 saturated heterocycles. The fourth-order valence-corrected chi connectivity index (χ4v) is 9.10. The molecule has 0 aliphatic carbocycles. The molecule has 0 saturated carbocycles. The average Bonchev–Trinajstić information content (AvgIpc) is 3.52. The number of piperidine rings is 1. The zero-order chi connectivity index (χ0) is 35.5. The third kappa shape index (κ3) is 8.03. The molecule has 51 heavy (non-hydrogen) atoms. The second kappa shape index (κ2) is 15.2. The summed E-state index contributed by atoms with van der Waals surface area (Å²) >= 11 is 4.19. The summed E-state index contributed by atoms with van der Waals surface area (Å²) in [5, 5.41) is 8.06. The van der Waals surface area contributed by atoms with E-state index in [4.69, 9.17) is 29.2 Å². The van der Waals surface area contributed by atoms with Crippen LogP contribution in [0.2, 0.25) is 0 Å². The number of rotatable bonds is 11. The number of nitrogens with zero attached hydrogens (tertiary/aromatic N) is 4. The van der Waals surface area contributed by atoms with E-state index in [2.05, 4.69) is 29.4 Å². The lowest BCUT2D eigenvalue weighted by Gasteiger charge is -2.36. The number of methoxy groups -OCH3 is 2. The predicted molar refractivity (Wildman–Crippen MR) is 206 cm³/mol. The minimum absolute atomic E-state index is 0.109. The molecule has 3 aromatic heterocycles. The first-order chi connectivity index (χ1) is 24.7. The van der Waals surface area contributed by atoms with Gasteiger partial charge in [-0.2, -0.15) is 0 Å². The number of ether oxygens (including phenoxy) is 3. The van der Waals surface area contributed by atoms with Gasteiger partial charge in [-0.25, -0.2) is 15.0 Å². The second-order valence-electron chi connectivity index (χ2n) is 13.1. The highest BCUT2D eigenvalue weighted by Crippen LogP contribution is 2.45. The second-order valence-corrected chi connectivity index (χ2v) is 16.0. The summed E-state index contributed by atoms with van der Waals surface area (Å²) in [5.41, 5.74) is 4.14. The molecule has 11 nitrogen and oxygen atoms in total. The zero-order valence-electron chi connectivity index (χ0n) is 29.0. The van der Waals surface area contributed by atoms with Gasteiger partial charge in [-0.05, 0) is 87.2 Å². The number of thioether (sulfide) groups is 2. The highest BCUT2D eigenvalue weighted by molar-refractivity contribution is 8.00. The Morgan fingerprint density at radius 1 is 0.843 bits per heavy atom. The Labute approximate surface area is 309 Å². The van der Waals surface area contributed by atoms with Gasteiger partial charge >= 0.3 is 0 Å². The smallest absolute Gasteiger partial charge is 0.234 e. The highest BCUT2D eigenvalue weighted by Gasteiger charge is 2.33. The lowest BCUT2D eigenvalue weighted by Crippen LogP contribution is -2.36. The number of thiophene rings is 1. The first kappa shape index (κ1) is 35.3. The van der Waals surface area contributed by atoms with Crippen LogP contribution in [0.1, 0.15) is 44.2 Å². The molecule has 2 aliphatic rings. The maximum atomic E-state index is 13.1. The first-order valence-electron chi connectivity index (χ1n) is 16.9. The van der Waals surface area contributed by atoms with E-state index in [1.165, 1.54) is 35.5 Å². The number of fused-ring (bicyclic) bond motifs is 5. The van der Waals surface area contributed by atoms with E-state index in [1.54, 1.807) is 62.0 Å². The molecule has 5 heterocycles. The summed E-state index contributed by atoms with van der Waals surface area (Å²) in [6.45, 7) is 6.68. The molecule has 5 aromatic rings. The van der Waals surface area contributed by atoms with Crippen LogP contribution in [0.4, 0.5) is 17.2 Å². The van der Waals surface area contributed by atoms with Crippen molar-refractivity contribution < 1.29 is 23.8 Å². The highest BCUT2D eigenvalue weighted by atomic mass is 32.2. The van der Waals surface area contributed by atoms with E-state index in [0.717, 1.165) is 64.2 Å². The summed E-state index contributed by atoms with van der Waals surface area (Å²) in [5.74, 6) is 2.34. The molecule has 0 radical (unpaired) electrons. The SMILES string of the molecule is COc1ccc(NC(=O)CSc2nc(SCC(=O)Nc3ccc(OC)cc3)c3sc4nc(N5CCCCC5)c5c(c4c3n2)CC(C)(C)OC5)cc1. The normalized spacial score (nSPS) is 15.4. The van der Waals surface area contributed by atoms with Gasteiger partial charge in [0.25, 0.3) is 0 Å². The molecular formula is C37H40N6O5S3. The molecule has 2 aromatic carbocycles. The summed E-state index contributed by atoms with van der Waals surface area (Å²) < 4.78 is 17.7. The Morgan fingerprint density at radius 2 is 1.45 bits per heavy atom. The van der Waals surface area contributed by atoms with Crippen molar-refractivity contribution in [2.45, 2.75) is 61.9 Å². The number of carbonyl (C=O) groups is 2. The summed E-state index contributed by atoms with van der Waals surface area (Å²) in [6.07, 6.45) is 4.24. The minimum Gasteiger partial charge on any atom is -0.497 e. The third-order valence-corrected chi connectivity index (χ3v) is 11.9. The minimum atomic E-state index is -0.351. The molecule has 0 atom stereocenters. The number of amides is 2. The van der Waals surface area contributed by atoms with Crippen LogP contribution >= 0.6 is 34.9 Å². The van der Waals surface area contributed by atoms with Crippen molar-refractivity contribution in [3.63, 3.8) is 0 Å². The molecule has 2 amide bonds. The Morgan fingerprint density at radius 3 is 2.06 bits per heavy atom. The number of benzene rings is 2. The Bertz CT molecular complexity index is 2060. The van der Waals surface area contributed by atoms with Crippen LogP contribution in [0.5, 0.6) is 11.5 Å². The molecule has 0 spiro atoms. The van der Waals surface area contributed by atoms with E-state index >= 15 is 0 Å². The largest absolute Gasteiger partial charge is 0.497 e. The van der Waals surface area contributed by atoms with Gasteiger partial charge in [0.1, 0.15) is 27.2 Å². The number of anilines is 3. The van der Waals surface area contributed by atoms with Crippen molar-refractivity contribution in [1.82, 2.24) is 15.0 Å². The summed E-state index contributed by atoms with van der Waals surface area (Å²) in [4.78, 5) is 44.8. The van der Waals surface area contributed by atoms with Crippen LogP contribution in [0.15, 0.2) is 58.7 Å². The van der Waals surface area contributed by atoms with Crippen LogP contribution in [-0.4, -0.2) is 71.2 Å². The van der Waals surface area contributed by atoms with E-state index in [0.29, 0.717) is 39.7 Å². The first-order valence-corrected chi connectivity index (χ1v) is 19.7. The van der Waals surface area contributed by atoms with Crippen molar-refractivity contribution >= 4 is 84.3 Å². The number of aromatic nitrogens is 3. The van der Waals surface area contributed by atoms with Gasteiger partial charge < -0.3 is 29.7 Å². The van der Waals surface area contributed by atoms with Crippen LogP contribution < -0.4 is 25.0 Å². The Kier molecular flexibility index (Phi) is 10.6. The van der Waals surface area contributed by atoms with Crippen molar-refractivity contribution in [3.8, 4) is 11.5 Å². The molecular weight excluding hydrogens is 705 g/mol. The van der Waals surface area contributed by atoms with Gasteiger partial charge in [-0.15, -0.1) is 11.3 Å². The topological polar surface area (TPSA) is 128 Å². The predicted octanol–water partition coefficient (Wildman–Crippen LogP) is 7.56. The Balaban J connectivity index is 1.23. The molecule has 2 aliphatic heterocycles. The number of hydrogen-bond donors (Lipinski definition) is 2. The average molecular weight is 745 g/mol. The Hall–Kier alpha value is -4.11. The van der Waals surface area contributed by atoms with Crippen molar-refractivity contribution in [3.05, 3.63) is 59.7 Å². The maximum Gasteiger partial charge on any atom is 0.234 e. The van der Waals surface area contributed by atoms with Crippen LogP contribution in [0, 0.1) is 0 Å². The maximum absolute atomic E-state index is 13.1. The fraction of sp³-hybridized carbons (Fsp3) is 0.378. The lowest BCUT2D eigenvalue weighted by atomic mass is 9.90. The molecule has 14 heteroatoms. The monoisotopic (exact) mass is 744 g/mol. The van der Waals surface area contributed by atoms with Crippen LogP contribution in [-0.2, 0) is 27.4 Å². The van der Waals surface area contributed by atoms with Crippen LogP contribution in [0.3, 0.4) is 0 Å². The summed E-state index contributed by atoms with van der Waals surface area (Å²) in [6, 6.07) is 14.4. The molecule has 0 bridgehead atoms. The number of pyridine rings is 1. The lowest BCUT2D eigenvalue weighted by molar-refractivity contribution is -0.114. The zero-order valence-corrected chi connectivity index (χ0v) is 31.5. The van der Waals surface area contributed by atoms with Gasteiger partial charge in [-0.3, -0.25) is 9.59 Å². The van der Waals surface area contributed by atoms with Gasteiger partial charge in [-0.1, -0.05) is 23.5 Å². The van der Waals surface area contributed by atoms with Gasteiger partial charge in [0.2, 0.25) is 11.8 Å². The molecule has 7 rings (SSSR count). The number of carbonyl (C=O) groups excluding carboxylic acids is 2. The van der Waals surface area contributed by atoms with Crippen LogP contribution in [0.25, 0.3) is 20.4 Å². The number of nitrogens with one attached hydrogen (secondary N) is 2. The number of hydrogen-bond acceptors (Lipinski definition) is 12. The fourth-order valence-electron chi connectivity index (χ4n) is 6.35. The van der Waals surface area contributed by atoms with Gasteiger partial charge in [0.15, 0.2) is 5.16 Å². The quantitative estimate of drug-likeness (QED) is 0.0790. The van der Waals surface area contributed by atoms with Crippen molar-refractivity contribution in [1.29, 1.82) is 0 Å². The van der Waals surface area contributed by atoms with Gasteiger partial charge in [0, 0.05) is 41.8 Å². The van der Waals surface area contributed by atoms with E-state index in [9.17, 15) is 9.59 Å². The van der Waals surface area contributed by atoms with Crippen molar-refractivity contribution in [2.24, 2.45) is 0 Å². The van der Waals surface area contributed by atoms with E-state index in [1.807, 2.05) is 12.1 Å². The third-order valence-electron chi connectivity index (χ3n) is 8.89. The standard InChI is InChI=1S/C37H40N6O5S3/c1-37(2)18-26-27(19-48-37)33(43-16-6-5-7-17-43)41-34-30(26)31-32(51-34)35(49-20-28(44)38-22-8-12-24(46-3)13-9-22)42-36(40-31)50-21-29(45)39-23-10-14-25(47-4)15-11-23/h8-15H,5-7,16-21H2,1-4H3,(H,38,44)(H,39,45). The molecule has 0 unspecified atom stereocenters. The molecule has 266 valence electrons. The molecule has 1 fully saturated rings. The van der Waals surface area contributed by atoms with E-state index < -0.39 is 0 Å². The van der Waals surface area contributed by atoms with E-state index in [-0.39, 0.29) is 28.9 Å². The molecule has 2 N–H and O–H groups in total.